The highest BCUT2D eigenvalue weighted by molar-refractivity contribution is 7.99. The first kappa shape index (κ1) is 17.1. The quantitative estimate of drug-likeness (QED) is 0.903. The molecule has 1 amide bonds. The number of aromatic nitrogens is 2. The van der Waals surface area contributed by atoms with Crippen molar-refractivity contribution in [2.45, 2.75) is 57.0 Å². The maximum Gasteiger partial charge on any atom is 0.251 e. The molecule has 6 heteroatoms. The smallest absolute Gasteiger partial charge is 0.251 e. The standard InChI is InChI=1S/C16H25N3O2S/c1-3-13-10-15(20)18-14(17-13)11-22-12(2)16(21)19-8-6-4-5-7-9-19/h10,12H,3-9,11H2,1-2H3,(H,17,18,20)/t12-/m0/s1. The van der Waals surface area contributed by atoms with Gasteiger partial charge in [0.2, 0.25) is 5.91 Å². The molecule has 1 saturated heterocycles. The molecular weight excluding hydrogens is 298 g/mol. The first-order valence-electron chi connectivity index (χ1n) is 8.09. The summed E-state index contributed by atoms with van der Waals surface area (Å²) in [7, 11) is 0. The molecule has 0 aliphatic carbocycles. The molecule has 22 heavy (non-hydrogen) atoms. The highest BCUT2D eigenvalue weighted by Crippen LogP contribution is 2.19. The van der Waals surface area contributed by atoms with Crippen molar-refractivity contribution in [2.75, 3.05) is 13.1 Å². The van der Waals surface area contributed by atoms with Crippen LogP contribution in [0.5, 0.6) is 0 Å². The Kier molecular flexibility index (Phi) is 6.49. The fourth-order valence-corrected chi connectivity index (χ4v) is 3.47. The highest BCUT2D eigenvalue weighted by atomic mass is 32.2. The first-order chi connectivity index (χ1) is 10.6. The minimum atomic E-state index is -0.117. The molecule has 2 heterocycles. The molecule has 1 aliphatic heterocycles. The van der Waals surface area contributed by atoms with E-state index in [1.807, 2.05) is 18.7 Å². The van der Waals surface area contributed by atoms with E-state index in [0.717, 1.165) is 38.0 Å². The lowest BCUT2D eigenvalue weighted by molar-refractivity contribution is -0.130. The number of carbonyl (C=O) groups excluding carboxylic acids is 1. The van der Waals surface area contributed by atoms with Gasteiger partial charge in [0.05, 0.1) is 11.0 Å². The predicted molar refractivity (Wildman–Crippen MR) is 90.0 cm³/mol. The molecule has 2 rings (SSSR count). The molecule has 1 aromatic rings. The number of hydrogen-bond acceptors (Lipinski definition) is 4. The van der Waals surface area contributed by atoms with Gasteiger partial charge in [0.15, 0.2) is 0 Å². The molecule has 5 nitrogen and oxygen atoms in total. The van der Waals surface area contributed by atoms with Crippen molar-refractivity contribution in [1.29, 1.82) is 0 Å². The second-order valence-electron chi connectivity index (χ2n) is 5.73. The van der Waals surface area contributed by atoms with Crippen molar-refractivity contribution in [2.24, 2.45) is 0 Å². The van der Waals surface area contributed by atoms with E-state index in [4.69, 9.17) is 0 Å². The zero-order valence-electron chi connectivity index (χ0n) is 13.4. The number of aromatic amines is 1. The van der Waals surface area contributed by atoms with Gasteiger partial charge in [-0.2, -0.15) is 0 Å². The van der Waals surface area contributed by atoms with Crippen LogP contribution in [0.3, 0.4) is 0 Å². The maximum atomic E-state index is 12.5. The SMILES string of the molecule is CCc1cc(=O)[nH]c(CS[C@@H](C)C(=O)N2CCCCCC2)n1. The molecule has 0 saturated carbocycles. The van der Waals surface area contributed by atoms with Crippen LogP contribution >= 0.6 is 11.8 Å². The number of likely N-dealkylation sites (tertiary alicyclic amines) is 1. The summed E-state index contributed by atoms with van der Waals surface area (Å²) < 4.78 is 0. The molecule has 1 atom stereocenters. The van der Waals surface area contributed by atoms with E-state index in [9.17, 15) is 9.59 Å². The summed E-state index contributed by atoms with van der Waals surface area (Å²) in [5, 5.41) is -0.103. The van der Waals surface area contributed by atoms with Gasteiger partial charge in [-0.1, -0.05) is 19.8 Å². The summed E-state index contributed by atoms with van der Waals surface area (Å²) in [5.41, 5.74) is 0.680. The average Bonchev–Trinajstić information content (AvgIpc) is 2.80. The Morgan fingerprint density at radius 3 is 2.68 bits per heavy atom. The summed E-state index contributed by atoms with van der Waals surface area (Å²) in [5.74, 6) is 1.43. The topological polar surface area (TPSA) is 66.1 Å². The fourth-order valence-electron chi connectivity index (χ4n) is 2.64. The van der Waals surface area contributed by atoms with Crippen molar-refractivity contribution in [1.82, 2.24) is 14.9 Å². The van der Waals surface area contributed by atoms with Gasteiger partial charge < -0.3 is 9.88 Å². The molecule has 0 radical (unpaired) electrons. The number of rotatable bonds is 5. The van der Waals surface area contributed by atoms with E-state index in [0.29, 0.717) is 11.6 Å². The molecule has 0 bridgehead atoms. The Labute approximate surface area is 135 Å². The number of nitrogens with zero attached hydrogens (tertiary/aromatic N) is 2. The molecule has 0 spiro atoms. The molecule has 0 aromatic carbocycles. The Balaban J connectivity index is 1.91. The summed E-state index contributed by atoms with van der Waals surface area (Å²) in [6.45, 7) is 5.68. The third kappa shape index (κ3) is 4.87. The molecular formula is C16H25N3O2S. The summed E-state index contributed by atoms with van der Waals surface area (Å²) >= 11 is 1.54. The Morgan fingerprint density at radius 1 is 1.36 bits per heavy atom. The number of amides is 1. The van der Waals surface area contributed by atoms with Crippen LogP contribution in [0.2, 0.25) is 0 Å². The van der Waals surface area contributed by atoms with Crippen LogP contribution in [-0.4, -0.2) is 39.1 Å². The fraction of sp³-hybridized carbons (Fsp3) is 0.688. The minimum Gasteiger partial charge on any atom is -0.342 e. The Morgan fingerprint density at radius 2 is 2.05 bits per heavy atom. The predicted octanol–water partition coefficient (Wildman–Crippen LogP) is 2.36. The van der Waals surface area contributed by atoms with Gasteiger partial charge in [0, 0.05) is 24.8 Å². The van der Waals surface area contributed by atoms with Crippen LogP contribution in [0, 0.1) is 0 Å². The Hall–Kier alpha value is -1.30. The van der Waals surface area contributed by atoms with Crippen molar-refractivity contribution in [3.05, 3.63) is 27.9 Å². The number of H-pyrrole nitrogens is 1. The van der Waals surface area contributed by atoms with Gasteiger partial charge >= 0.3 is 0 Å². The van der Waals surface area contributed by atoms with E-state index < -0.39 is 0 Å². The molecule has 1 N–H and O–H groups in total. The maximum absolute atomic E-state index is 12.5. The summed E-state index contributed by atoms with van der Waals surface area (Å²) in [4.78, 5) is 33.2. The second kappa shape index (κ2) is 8.36. The Bertz CT molecular complexity index is 551. The number of carbonyl (C=O) groups is 1. The number of nitrogens with one attached hydrogen (secondary N) is 1. The lowest BCUT2D eigenvalue weighted by atomic mass is 10.2. The summed E-state index contributed by atoms with van der Waals surface area (Å²) in [6.07, 6.45) is 5.40. The van der Waals surface area contributed by atoms with Crippen molar-refractivity contribution >= 4 is 17.7 Å². The van der Waals surface area contributed by atoms with E-state index in [2.05, 4.69) is 9.97 Å². The van der Waals surface area contributed by atoms with Crippen LogP contribution < -0.4 is 5.56 Å². The minimum absolute atomic E-state index is 0.103. The number of hydrogen-bond donors (Lipinski definition) is 1. The van der Waals surface area contributed by atoms with Crippen molar-refractivity contribution in [3.63, 3.8) is 0 Å². The monoisotopic (exact) mass is 323 g/mol. The third-order valence-electron chi connectivity index (χ3n) is 3.94. The van der Waals surface area contributed by atoms with Crippen molar-refractivity contribution < 1.29 is 4.79 Å². The largest absolute Gasteiger partial charge is 0.342 e. The lowest BCUT2D eigenvalue weighted by Crippen LogP contribution is -2.37. The van der Waals surface area contributed by atoms with Gasteiger partial charge in [-0.15, -0.1) is 11.8 Å². The van der Waals surface area contributed by atoms with Gasteiger partial charge in [0.1, 0.15) is 5.82 Å². The average molecular weight is 323 g/mol. The zero-order chi connectivity index (χ0) is 15.9. The van der Waals surface area contributed by atoms with Gasteiger partial charge in [-0.05, 0) is 26.2 Å². The normalized spacial score (nSPS) is 17.1. The molecule has 1 fully saturated rings. The van der Waals surface area contributed by atoms with Crippen LogP contribution in [0.4, 0.5) is 0 Å². The zero-order valence-corrected chi connectivity index (χ0v) is 14.2. The van der Waals surface area contributed by atoms with Crippen LogP contribution in [0.25, 0.3) is 0 Å². The van der Waals surface area contributed by atoms with Gasteiger partial charge in [-0.25, -0.2) is 4.98 Å². The van der Waals surface area contributed by atoms with Crippen LogP contribution in [0.15, 0.2) is 10.9 Å². The third-order valence-corrected chi connectivity index (χ3v) is 5.08. The lowest BCUT2D eigenvalue weighted by Gasteiger charge is -2.23. The van der Waals surface area contributed by atoms with E-state index >= 15 is 0 Å². The molecule has 1 aliphatic rings. The molecule has 0 unspecified atom stereocenters. The van der Waals surface area contributed by atoms with Crippen LogP contribution in [-0.2, 0) is 17.0 Å². The molecule has 1 aromatic heterocycles. The van der Waals surface area contributed by atoms with E-state index in [-0.39, 0.29) is 16.7 Å². The van der Waals surface area contributed by atoms with E-state index in [1.54, 1.807) is 11.8 Å². The summed E-state index contributed by atoms with van der Waals surface area (Å²) in [6, 6.07) is 1.53. The molecule has 122 valence electrons. The second-order valence-corrected chi connectivity index (χ2v) is 7.06. The van der Waals surface area contributed by atoms with Gasteiger partial charge in [0.25, 0.3) is 5.56 Å². The van der Waals surface area contributed by atoms with E-state index in [1.165, 1.54) is 18.9 Å². The number of thioether (sulfide) groups is 1. The number of aryl methyl sites for hydroxylation is 1. The highest BCUT2D eigenvalue weighted by Gasteiger charge is 2.21. The van der Waals surface area contributed by atoms with Crippen molar-refractivity contribution in [3.8, 4) is 0 Å². The van der Waals surface area contributed by atoms with Gasteiger partial charge in [-0.3, -0.25) is 9.59 Å². The van der Waals surface area contributed by atoms with Crippen LogP contribution in [0.1, 0.15) is 51.0 Å². The first-order valence-corrected chi connectivity index (χ1v) is 9.14.